The SMILES string of the molecule is C=CCNC(=O)C(=O)C(CC1CC1)NC(=O)[C@@H]1[C@@H]2[C@H](CN1C(=O)[C@@H](NC(=O)NC1(CS(=O)(=O)C3CCCCC3)CCCCC1)C(C)(C)C)C2(C)C. The Bertz CT molecular complexity index is 1470. The second-order valence-corrected chi connectivity index (χ2v) is 20.1. The third-order valence-corrected chi connectivity index (χ3v) is 14.8. The van der Waals surface area contributed by atoms with Crippen LogP contribution in [0.3, 0.4) is 0 Å². The third kappa shape index (κ3) is 8.99. The molecular formula is C38H61N5O7S. The second-order valence-electron chi connectivity index (χ2n) is 17.8. The molecule has 0 aromatic carbocycles. The summed E-state index contributed by atoms with van der Waals surface area (Å²) in [4.78, 5) is 69.9. The Morgan fingerprint density at radius 3 is 2.14 bits per heavy atom. The van der Waals surface area contributed by atoms with Gasteiger partial charge in [-0.25, -0.2) is 13.2 Å². The van der Waals surface area contributed by atoms with Crippen LogP contribution in [-0.4, -0.2) is 90.6 Å². The number of likely N-dealkylation sites (tertiary alicyclic amines) is 1. The number of nitrogens with zero attached hydrogens (tertiary/aromatic N) is 1. The lowest BCUT2D eigenvalue weighted by Gasteiger charge is -2.41. The van der Waals surface area contributed by atoms with Gasteiger partial charge in [0.1, 0.15) is 12.1 Å². The van der Waals surface area contributed by atoms with Gasteiger partial charge in [-0.2, -0.15) is 0 Å². The molecule has 5 atom stereocenters. The predicted molar refractivity (Wildman–Crippen MR) is 195 cm³/mol. The van der Waals surface area contributed by atoms with E-state index in [1.807, 2.05) is 20.8 Å². The number of amides is 5. The van der Waals surface area contributed by atoms with Crippen LogP contribution in [0.4, 0.5) is 4.79 Å². The van der Waals surface area contributed by atoms with Crippen molar-refractivity contribution >= 4 is 39.4 Å². The van der Waals surface area contributed by atoms with Gasteiger partial charge in [0.2, 0.25) is 17.6 Å². The number of ketones is 1. The van der Waals surface area contributed by atoms with Crippen LogP contribution < -0.4 is 21.3 Å². The molecular weight excluding hydrogens is 671 g/mol. The maximum absolute atomic E-state index is 14.5. The Balaban J connectivity index is 1.33. The first kappa shape index (κ1) is 39.3. The van der Waals surface area contributed by atoms with E-state index >= 15 is 0 Å². The highest BCUT2D eigenvalue weighted by atomic mass is 32.2. The average Bonchev–Trinajstić information content (AvgIpc) is 3.92. The maximum atomic E-state index is 14.5. The summed E-state index contributed by atoms with van der Waals surface area (Å²) in [6.45, 7) is 13.7. The van der Waals surface area contributed by atoms with Gasteiger partial charge in [0.25, 0.3) is 5.91 Å². The van der Waals surface area contributed by atoms with Crippen LogP contribution in [0, 0.1) is 28.6 Å². The highest BCUT2D eigenvalue weighted by molar-refractivity contribution is 7.92. The molecule has 5 rings (SSSR count). The molecule has 5 fully saturated rings. The second kappa shape index (κ2) is 15.2. The van der Waals surface area contributed by atoms with Crippen molar-refractivity contribution in [2.75, 3.05) is 18.8 Å². The van der Waals surface area contributed by atoms with Crippen molar-refractivity contribution in [2.24, 2.45) is 28.6 Å². The molecule has 1 saturated heterocycles. The molecule has 0 aromatic rings. The van der Waals surface area contributed by atoms with E-state index < -0.39 is 68.5 Å². The van der Waals surface area contributed by atoms with Crippen LogP contribution in [0.2, 0.25) is 0 Å². The van der Waals surface area contributed by atoms with Crippen molar-refractivity contribution in [1.29, 1.82) is 0 Å². The van der Waals surface area contributed by atoms with Crippen molar-refractivity contribution < 1.29 is 32.4 Å². The van der Waals surface area contributed by atoms with Gasteiger partial charge in [-0.15, -0.1) is 6.58 Å². The van der Waals surface area contributed by atoms with Gasteiger partial charge in [0.05, 0.1) is 22.6 Å². The first-order valence-corrected chi connectivity index (χ1v) is 21.0. The quantitative estimate of drug-likeness (QED) is 0.156. The fourth-order valence-electron chi connectivity index (χ4n) is 9.08. The molecule has 1 unspecified atom stereocenters. The number of sulfone groups is 1. The summed E-state index contributed by atoms with van der Waals surface area (Å²) in [5.74, 6) is -2.30. The number of fused-ring (bicyclic) bond motifs is 1. The van der Waals surface area contributed by atoms with Crippen LogP contribution in [0.5, 0.6) is 0 Å². The molecule has 5 aliphatic rings. The molecule has 0 radical (unpaired) electrons. The van der Waals surface area contributed by atoms with E-state index in [1.54, 1.807) is 4.90 Å². The average molecular weight is 732 g/mol. The first-order valence-electron chi connectivity index (χ1n) is 19.2. The van der Waals surface area contributed by atoms with Gasteiger partial charge in [-0.3, -0.25) is 19.2 Å². The predicted octanol–water partition coefficient (Wildman–Crippen LogP) is 3.79. The number of carbonyl (C=O) groups excluding carboxylic acids is 5. The van der Waals surface area contributed by atoms with E-state index in [0.717, 1.165) is 51.4 Å². The van der Waals surface area contributed by atoms with Crippen LogP contribution in [0.1, 0.15) is 118 Å². The van der Waals surface area contributed by atoms with Gasteiger partial charge in [-0.1, -0.05) is 92.1 Å². The summed E-state index contributed by atoms with van der Waals surface area (Å²) in [5, 5.41) is 11.0. The molecule has 13 heteroatoms. The molecule has 4 saturated carbocycles. The molecule has 4 aliphatic carbocycles. The molecule has 12 nitrogen and oxygen atoms in total. The van der Waals surface area contributed by atoms with Gasteiger partial charge >= 0.3 is 6.03 Å². The lowest BCUT2D eigenvalue weighted by Crippen LogP contribution is -2.64. The molecule has 286 valence electrons. The zero-order chi connectivity index (χ0) is 37.4. The Morgan fingerprint density at radius 1 is 0.922 bits per heavy atom. The van der Waals surface area contributed by atoms with Crippen molar-refractivity contribution in [1.82, 2.24) is 26.2 Å². The smallest absolute Gasteiger partial charge is 0.315 e. The molecule has 1 aliphatic heterocycles. The lowest BCUT2D eigenvalue weighted by atomic mass is 9.83. The Kier molecular flexibility index (Phi) is 11.7. The summed E-state index contributed by atoms with van der Waals surface area (Å²) < 4.78 is 27.3. The topological polar surface area (TPSA) is 171 Å². The minimum atomic E-state index is -3.45. The molecule has 0 spiro atoms. The minimum Gasteiger partial charge on any atom is -0.346 e. The zero-order valence-corrected chi connectivity index (χ0v) is 32.2. The highest BCUT2D eigenvalue weighted by Gasteiger charge is 2.70. The van der Waals surface area contributed by atoms with Gasteiger partial charge < -0.3 is 26.2 Å². The van der Waals surface area contributed by atoms with E-state index in [4.69, 9.17) is 0 Å². The summed E-state index contributed by atoms with van der Waals surface area (Å²) in [6.07, 6.45) is 11.6. The van der Waals surface area contributed by atoms with Crippen molar-refractivity contribution in [3.63, 3.8) is 0 Å². The number of carbonyl (C=O) groups is 5. The van der Waals surface area contributed by atoms with Crippen LogP contribution >= 0.6 is 0 Å². The highest BCUT2D eigenvalue weighted by Crippen LogP contribution is 2.65. The molecule has 5 amide bonds. The fraction of sp³-hybridized carbons (Fsp3) is 0.816. The standard InChI is InChI=1S/C38H61N5O7S/c1-7-20-39-33(46)30(44)27(21-24-16-17-24)40-32(45)29-28-26(37(28,5)6)22-43(29)34(47)31(36(2,3)4)41-35(48)42-38(18-12-9-13-19-38)23-51(49,50)25-14-10-8-11-15-25/h7,24-29,31H,1,8-23H2,2-6H3,(H,39,46)(H,40,45)(H2,41,42,48)/t26-,27?,28-,29-,31+/m0/s1. The number of urea groups is 1. The van der Waals surface area contributed by atoms with E-state index in [9.17, 15) is 32.4 Å². The van der Waals surface area contributed by atoms with E-state index in [2.05, 4.69) is 41.7 Å². The number of rotatable bonds is 14. The van der Waals surface area contributed by atoms with Crippen molar-refractivity contribution in [3.05, 3.63) is 12.7 Å². The van der Waals surface area contributed by atoms with E-state index in [1.165, 1.54) is 6.08 Å². The molecule has 4 N–H and O–H groups in total. The number of Topliss-reactive ketones (excluding diaryl/α,β-unsaturated/α-hetero) is 1. The fourth-order valence-corrected chi connectivity index (χ4v) is 11.5. The van der Waals surface area contributed by atoms with Crippen LogP contribution in [-0.2, 0) is 29.0 Å². The number of nitrogens with one attached hydrogen (secondary N) is 4. The Hall–Kier alpha value is -2.96. The molecule has 0 aromatic heterocycles. The zero-order valence-electron chi connectivity index (χ0n) is 31.4. The summed E-state index contributed by atoms with van der Waals surface area (Å²) in [7, 11) is -3.45. The van der Waals surface area contributed by atoms with Crippen LogP contribution in [0.15, 0.2) is 12.7 Å². The summed E-state index contributed by atoms with van der Waals surface area (Å²) in [5.41, 5.74) is -1.86. The first-order chi connectivity index (χ1) is 23.9. The van der Waals surface area contributed by atoms with Gasteiger partial charge in [0, 0.05) is 13.1 Å². The molecule has 51 heavy (non-hydrogen) atoms. The number of hydrogen-bond donors (Lipinski definition) is 4. The van der Waals surface area contributed by atoms with Crippen molar-refractivity contribution in [2.45, 2.75) is 147 Å². The van der Waals surface area contributed by atoms with E-state index in [-0.39, 0.29) is 40.7 Å². The Morgan fingerprint density at radius 2 is 1.55 bits per heavy atom. The van der Waals surface area contributed by atoms with E-state index in [0.29, 0.717) is 38.6 Å². The normalized spacial score (nSPS) is 26.9. The molecule has 1 heterocycles. The number of hydrogen-bond acceptors (Lipinski definition) is 7. The summed E-state index contributed by atoms with van der Waals surface area (Å²) in [6, 6.07) is -3.48. The Labute approximate surface area is 304 Å². The third-order valence-electron chi connectivity index (χ3n) is 12.4. The lowest BCUT2D eigenvalue weighted by molar-refractivity contribution is -0.145. The van der Waals surface area contributed by atoms with Gasteiger partial charge in [0.15, 0.2) is 9.84 Å². The van der Waals surface area contributed by atoms with Gasteiger partial charge in [-0.05, 0) is 60.7 Å². The monoisotopic (exact) mass is 731 g/mol. The van der Waals surface area contributed by atoms with Crippen LogP contribution in [0.25, 0.3) is 0 Å². The maximum Gasteiger partial charge on any atom is 0.315 e. The molecule has 0 bridgehead atoms. The number of piperidine rings is 1. The van der Waals surface area contributed by atoms with Crippen molar-refractivity contribution in [3.8, 4) is 0 Å². The largest absolute Gasteiger partial charge is 0.346 e. The summed E-state index contributed by atoms with van der Waals surface area (Å²) >= 11 is 0. The minimum absolute atomic E-state index is 0.0654.